The zero-order chi connectivity index (χ0) is 15.4. The third-order valence-corrected chi connectivity index (χ3v) is 3.56. The van der Waals surface area contributed by atoms with Crippen molar-refractivity contribution in [3.05, 3.63) is 34.7 Å². The van der Waals surface area contributed by atoms with E-state index in [-0.39, 0.29) is 4.91 Å². The van der Waals surface area contributed by atoms with Crippen molar-refractivity contribution < 1.29 is 24.2 Å². The summed E-state index contributed by atoms with van der Waals surface area (Å²) in [6, 6.07) is 7.04. The molecule has 6 nitrogen and oxygen atoms in total. The molecular weight excluding hydrogens is 294 g/mol. The van der Waals surface area contributed by atoms with E-state index in [1.807, 2.05) is 6.92 Å². The number of hydrogen-bond acceptors (Lipinski definition) is 5. The summed E-state index contributed by atoms with van der Waals surface area (Å²) >= 11 is 0.737. The van der Waals surface area contributed by atoms with Crippen molar-refractivity contribution in [2.45, 2.75) is 6.92 Å². The lowest BCUT2D eigenvalue weighted by molar-refractivity contribution is -0.140. The Balaban J connectivity index is 2.16. The highest BCUT2D eigenvalue weighted by Gasteiger charge is 2.36. The number of aliphatic carboxylic acids is 1. The molecule has 2 rings (SSSR count). The second-order valence-electron chi connectivity index (χ2n) is 4.16. The molecule has 1 fully saturated rings. The van der Waals surface area contributed by atoms with Gasteiger partial charge >= 0.3 is 5.97 Å². The molecule has 0 atom stereocenters. The van der Waals surface area contributed by atoms with Crippen molar-refractivity contribution in [3.8, 4) is 5.75 Å². The van der Waals surface area contributed by atoms with Gasteiger partial charge in [0.1, 0.15) is 12.3 Å². The maximum Gasteiger partial charge on any atom is 0.323 e. The van der Waals surface area contributed by atoms with Gasteiger partial charge in [-0.25, -0.2) is 0 Å². The summed E-state index contributed by atoms with van der Waals surface area (Å²) in [5.74, 6) is -1.09. The highest BCUT2D eigenvalue weighted by molar-refractivity contribution is 8.18. The Hall–Kier alpha value is -2.28. The maximum absolute atomic E-state index is 12.0. The van der Waals surface area contributed by atoms with Crippen LogP contribution < -0.4 is 4.74 Å². The Bertz CT molecular complexity index is 608. The van der Waals surface area contributed by atoms with Crippen LogP contribution in [0.4, 0.5) is 4.79 Å². The predicted molar refractivity (Wildman–Crippen MR) is 77.9 cm³/mol. The molecule has 0 saturated carbocycles. The van der Waals surface area contributed by atoms with Gasteiger partial charge in [0, 0.05) is 0 Å². The summed E-state index contributed by atoms with van der Waals surface area (Å²) in [5.41, 5.74) is 0.735. The normalized spacial score (nSPS) is 16.6. The average molecular weight is 307 g/mol. The molecule has 21 heavy (non-hydrogen) atoms. The van der Waals surface area contributed by atoms with Crippen molar-refractivity contribution in [1.82, 2.24) is 4.90 Å². The molecular formula is C14H13NO5S. The number of carboxylic acids is 1. The number of thioether (sulfide) groups is 1. The molecule has 0 unspecified atom stereocenters. The van der Waals surface area contributed by atoms with E-state index in [1.54, 1.807) is 30.3 Å². The molecule has 1 heterocycles. The number of benzene rings is 1. The van der Waals surface area contributed by atoms with Gasteiger partial charge in [-0.05, 0) is 42.5 Å². The third-order valence-electron chi connectivity index (χ3n) is 2.66. The van der Waals surface area contributed by atoms with E-state index < -0.39 is 23.7 Å². The van der Waals surface area contributed by atoms with Crippen LogP contribution in [0.2, 0.25) is 0 Å². The number of amides is 2. The first-order chi connectivity index (χ1) is 10.0. The number of carbonyl (C=O) groups excluding carboxylic acids is 2. The quantitative estimate of drug-likeness (QED) is 0.840. The van der Waals surface area contributed by atoms with Gasteiger partial charge < -0.3 is 9.84 Å². The van der Waals surface area contributed by atoms with Crippen LogP contribution in [0.25, 0.3) is 6.08 Å². The van der Waals surface area contributed by atoms with Crippen LogP contribution in [0.5, 0.6) is 5.75 Å². The Morgan fingerprint density at radius 3 is 2.57 bits per heavy atom. The molecule has 110 valence electrons. The van der Waals surface area contributed by atoms with Gasteiger partial charge in [0.05, 0.1) is 11.5 Å². The minimum atomic E-state index is -1.22. The lowest BCUT2D eigenvalue weighted by Crippen LogP contribution is -2.33. The Labute approximate surface area is 125 Å². The van der Waals surface area contributed by atoms with Gasteiger partial charge in [0.15, 0.2) is 0 Å². The van der Waals surface area contributed by atoms with Crippen molar-refractivity contribution in [2.75, 3.05) is 13.2 Å². The molecule has 0 aliphatic carbocycles. The Morgan fingerprint density at radius 1 is 1.33 bits per heavy atom. The van der Waals surface area contributed by atoms with Crippen molar-refractivity contribution in [2.24, 2.45) is 0 Å². The number of carboxylic acid groups (broad SMARTS) is 1. The van der Waals surface area contributed by atoms with Gasteiger partial charge in [-0.15, -0.1) is 0 Å². The monoisotopic (exact) mass is 307 g/mol. The first-order valence-corrected chi connectivity index (χ1v) is 7.03. The van der Waals surface area contributed by atoms with E-state index in [0.29, 0.717) is 17.3 Å². The van der Waals surface area contributed by atoms with E-state index in [0.717, 1.165) is 17.3 Å². The highest BCUT2D eigenvalue weighted by atomic mass is 32.2. The topological polar surface area (TPSA) is 83.9 Å². The SMILES string of the molecule is CCOc1ccc(/C=C2\SC(=O)N(CC(=O)O)C2=O)cc1. The number of nitrogens with zero attached hydrogens (tertiary/aromatic N) is 1. The zero-order valence-corrected chi connectivity index (χ0v) is 12.1. The van der Waals surface area contributed by atoms with Gasteiger partial charge in [-0.1, -0.05) is 12.1 Å². The Kier molecular flexibility index (Phi) is 4.64. The number of rotatable bonds is 5. The largest absolute Gasteiger partial charge is 0.494 e. The van der Waals surface area contributed by atoms with Crippen molar-refractivity contribution in [1.29, 1.82) is 0 Å². The lowest BCUT2D eigenvalue weighted by Gasteiger charge is -2.07. The van der Waals surface area contributed by atoms with Crippen LogP contribution in [0.1, 0.15) is 12.5 Å². The minimum absolute atomic E-state index is 0.213. The van der Waals surface area contributed by atoms with Gasteiger partial charge in [-0.3, -0.25) is 19.3 Å². The van der Waals surface area contributed by atoms with E-state index in [2.05, 4.69) is 0 Å². The van der Waals surface area contributed by atoms with Gasteiger partial charge in [0.25, 0.3) is 11.1 Å². The summed E-state index contributed by atoms with van der Waals surface area (Å²) in [5, 5.41) is 8.11. The first kappa shape index (κ1) is 15.1. The predicted octanol–water partition coefficient (Wildman–Crippen LogP) is 2.21. The molecule has 7 heteroatoms. The highest BCUT2D eigenvalue weighted by Crippen LogP contribution is 2.32. The molecule has 0 bridgehead atoms. The molecule has 1 saturated heterocycles. The summed E-state index contributed by atoms with van der Waals surface area (Å²) < 4.78 is 5.31. The fourth-order valence-electron chi connectivity index (χ4n) is 1.75. The number of hydrogen-bond donors (Lipinski definition) is 1. The standard InChI is InChI=1S/C14H13NO5S/c1-2-20-10-5-3-9(4-6-10)7-11-13(18)15(8-12(16)17)14(19)21-11/h3-7H,2,8H2,1H3,(H,16,17)/b11-7-. The zero-order valence-electron chi connectivity index (χ0n) is 11.2. The summed E-state index contributed by atoms with van der Waals surface area (Å²) in [4.78, 5) is 35.1. The van der Waals surface area contributed by atoms with E-state index in [1.165, 1.54) is 0 Å². The summed E-state index contributed by atoms with van der Waals surface area (Å²) in [7, 11) is 0. The molecule has 0 spiro atoms. The second kappa shape index (κ2) is 6.45. The third kappa shape index (κ3) is 3.63. The summed E-state index contributed by atoms with van der Waals surface area (Å²) in [6.07, 6.45) is 1.56. The van der Waals surface area contributed by atoms with Gasteiger partial charge in [-0.2, -0.15) is 0 Å². The maximum atomic E-state index is 12.0. The Morgan fingerprint density at radius 2 is 2.00 bits per heavy atom. The molecule has 1 aliphatic heterocycles. The second-order valence-corrected chi connectivity index (χ2v) is 5.16. The molecule has 0 radical (unpaired) electrons. The van der Waals surface area contributed by atoms with Crippen LogP contribution >= 0.6 is 11.8 Å². The fourth-order valence-corrected chi connectivity index (χ4v) is 2.59. The van der Waals surface area contributed by atoms with Crippen LogP contribution in [-0.4, -0.2) is 40.3 Å². The number of carbonyl (C=O) groups is 3. The van der Waals surface area contributed by atoms with E-state index in [4.69, 9.17) is 9.84 Å². The van der Waals surface area contributed by atoms with Crippen LogP contribution in [-0.2, 0) is 9.59 Å². The molecule has 1 aromatic rings. The fraction of sp³-hybridized carbons (Fsp3) is 0.214. The van der Waals surface area contributed by atoms with E-state index in [9.17, 15) is 14.4 Å². The molecule has 0 aromatic heterocycles. The van der Waals surface area contributed by atoms with E-state index >= 15 is 0 Å². The average Bonchev–Trinajstić information content (AvgIpc) is 2.69. The number of imide groups is 1. The molecule has 1 aromatic carbocycles. The van der Waals surface area contributed by atoms with Crippen molar-refractivity contribution in [3.63, 3.8) is 0 Å². The number of ether oxygens (including phenoxy) is 1. The first-order valence-electron chi connectivity index (χ1n) is 6.21. The van der Waals surface area contributed by atoms with Crippen LogP contribution in [0.15, 0.2) is 29.2 Å². The van der Waals surface area contributed by atoms with Crippen molar-refractivity contribution >= 4 is 35.0 Å². The van der Waals surface area contributed by atoms with Crippen LogP contribution in [0.3, 0.4) is 0 Å². The van der Waals surface area contributed by atoms with Crippen LogP contribution in [0, 0.1) is 0 Å². The summed E-state index contributed by atoms with van der Waals surface area (Å²) in [6.45, 7) is 1.82. The molecule has 1 N–H and O–H groups in total. The minimum Gasteiger partial charge on any atom is -0.494 e. The molecule has 1 aliphatic rings. The smallest absolute Gasteiger partial charge is 0.323 e. The van der Waals surface area contributed by atoms with Gasteiger partial charge in [0.2, 0.25) is 0 Å². The molecule has 2 amide bonds. The lowest BCUT2D eigenvalue weighted by atomic mass is 10.2.